The van der Waals surface area contributed by atoms with E-state index in [0.717, 1.165) is 87.5 Å². The lowest BCUT2D eigenvalue weighted by Gasteiger charge is -2.39. The number of amides is 1. The van der Waals surface area contributed by atoms with Crippen LogP contribution in [0, 0.1) is 5.82 Å². The lowest BCUT2D eigenvalue weighted by atomic mass is 10.1. The average Bonchev–Trinajstić information content (AvgIpc) is 3.48. The maximum absolute atomic E-state index is 13.6. The highest BCUT2D eigenvalue weighted by molar-refractivity contribution is 14.0. The van der Waals surface area contributed by atoms with Gasteiger partial charge in [0.25, 0.3) is 0 Å². The molecule has 182 valence electrons. The molecule has 1 atom stereocenters. The quantitative estimate of drug-likeness (QED) is 0.319. The van der Waals surface area contributed by atoms with Crippen molar-refractivity contribution in [2.75, 3.05) is 52.4 Å². The summed E-state index contributed by atoms with van der Waals surface area (Å²) in [5.41, 5.74) is 2.03. The largest absolute Gasteiger partial charge is 0.361 e. The highest BCUT2D eigenvalue weighted by Gasteiger charge is 2.30. The summed E-state index contributed by atoms with van der Waals surface area (Å²) in [7, 11) is 0. The number of benzene rings is 1. The van der Waals surface area contributed by atoms with Gasteiger partial charge in [0.15, 0.2) is 5.96 Å². The number of carbonyl (C=O) groups excluding carboxylic acids is 1. The van der Waals surface area contributed by atoms with E-state index in [9.17, 15) is 9.18 Å². The third kappa shape index (κ3) is 6.17. The summed E-state index contributed by atoms with van der Waals surface area (Å²) in [5, 5.41) is 4.33. The highest BCUT2D eigenvalue weighted by atomic mass is 127. The Balaban J connectivity index is 0.00000306. The number of nitrogens with zero attached hydrogens (tertiary/aromatic N) is 4. The fraction of sp³-hybridized carbons (Fsp3) is 0.583. The Morgan fingerprint density at radius 1 is 1.15 bits per heavy atom. The maximum atomic E-state index is 13.6. The summed E-state index contributed by atoms with van der Waals surface area (Å²) in [5.74, 6) is 0.967. The normalized spacial score (nSPS) is 18.5. The van der Waals surface area contributed by atoms with Crippen molar-refractivity contribution in [2.24, 2.45) is 4.99 Å². The number of hydrogen-bond acceptors (Lipinski definition) is 3. The third-order valence-electron chi connectivity index (χ3n) is 6.64. The minimum absolute atomic E-state index is 0. The molecule has 4 rings (SSSR count). The predicted octanol–water partition coefficient (Wildman–Crippen LogP) is 3.06. The monoisotopic (exact) mass is 570 g/mol. The molecule has 9 heteroatoms. The lowest BCUT2D eigenvalue weighted by molar-refractivity contribution is -0.135. The van der Waals surface area contributed by atoms with Crippen molar-refractivity contribution in [2.45, 2.75) is 39.2 Å². The van der Waals surface area contributed by atoms with Crippen LogP contribution < -0.4 is 5.32 Å². The molecule has 0 saturated carbocycles. The molecule has 2 aliphatic rings. The molecule has 0 aliphatic carbocycles. The van der Waals surface area contributed by atoms with Crippen LogP contribution in [-0.4, -0.2) is 90.0 Å². The van der Waals surface area contributed by atoms with Crippen LogP contribution in [0.1, 0.15) is 32.3 Å². The second kappa shape index (κ2) is 12.0. The van der Waals surface area contributed by atoms with Crippen LogP contribution in [0.15, 0.2) is 29.4 Å². The third-order valence-corrected chi connectivity index (χ3v) is 6.64. The van der Waals surface area contributed by atoms with Gasteiger partial charge >= 0.3 is 0 Å². The molecule has 2 saturated heterocycles. The molecule has 3 heterocycles. The summed E-state index contributed by atoms with van der Waals surface area (Å²) in [6, 6.07) is 4.77. The lowest BCUT2D eigenvalue weighted by Crippen LogP contribution is -2.57. The topological polar surface area (TPSA) is 67.0 Å². The summed E-state index contributed by atoms with van der Waals surface area (Å²) in [4.78, 5) is 27.4. The van der Waals surface area contributed by atoms with E-state index in [0.29, 0.717) is 6.54 Å². The summed E-state index contributed by atoms with van der Waals surface area (Å²) >= 11 is 0. The van der Waals surface area contributed by atoms with E-state index in [4.69, 9.17) is 4.99 Å². The molecule has 2 fully saturated rings. The number of carbonyl (C=O) groups is 1. The number of halogens is 2. The van der Waals surface area contributed by atoms with Gasteiger partial charge in [-0.15, -0.1) is 24.0 Å². The van der Waals surface area contributed by atoms with Gasteiger partial charge in [0, 0.05) is 69.5 Å². The van der Waals surface area contributed by atoms with E-state index in [1.54, 1.807) is 12.1 Å². The Kier molecular flexibility index (Phi) is 9.37. The Labute approximate surface area is 212 Å². The van der Waals surface area contributed by atoms with Gasteiger partial charge in [-0.25, -0.2) is 4.39 Å². The van der Waals surface area contributed by atoms with Crippen LogP contribution in [0.5, 0.6) is 0 Å². The highest BCUT2D eigenvalue weighted by Crippen LogP contribution is 2.20. The molecule has 1 unspecified atom stereocenters. The van der Waals surface area contributed by atoms with Crippen LogP contribution in [0.25, 0.3) is 10.9 Å². The van der Waals surface area contributed by atoms with Crippen LogP contribution in [0.3, 0.4) is 0 Å². The molecule has 0 bridgehead atoms. The molecule has 2 aliphatic heterocycles. The number of aromatic nitrogens is 1. The van der Waals surface area contributed by atoms with E-state index in [2.05, 4.69) is 27.0 Å². The molecule has 1 aromatic carbocycles. The first kappa shape index (κ1) is 25.7. The first-order chi connectivity index (χ1) is 15.6. The number of piperazine rings is 1. The van der Waals surface area contributed by atoms with Crippen LogP contribution in [0.2, 0.25) is 0 Å². The Morgan fingerprint density at radius 3 is 2.58 bits per heavy atom. The summed E-state index contributed by atoms with van der Waals surface area (Å²) in [6.07, 6.45) is 4.95. The Morgan fingerprint density at radius 2 is 1.88 bits per heavy atom. The molecule has 1 aromatic heterocycles. The number of guanidine groups is 1. The van der Waals surface area contributed by atoms with Gasteiger partial charge in [-0.2, -0.15) is 0 Å². The van der Waals surface area contributed by atoms with Gasteiger partial charge in [0.1, 0.15) is 5.82 Å². The number of nitrogens with one attached hydrogen (secondary N) is 2. The fourth-order valence-corrected chi connectivity index (χ4v) is 4.74. The zero-order valence-corrected chi connectivity index (χ0v) is 22.0. The zero-order valence-electron chi connectivity index (χ0n) is 19.6. The standard InChI is InChI=1S/C24H35FN6O.HI/c1-3-26-24(27-9-8-19-17-28-22-7-6-20(25)16-21(19)22)31-14-12-29(13-15-31)18(2)23(32)30-10-4-5-11-30;/h6-7,16-18,28H,3-5,8-15H2,1-2H3,(H,26,27);1H. The van der Waals surface area contributed by atoms with Crippen LogP contribution in [-0.2, 0) is 11.2 Å². The molecule has 0 radical (unpaired) electrons. The van der Waals surface area contributed by atoms with Gasteiger partial charge in [-0.3, -0.25) is 14.7 Å². The number of fused-ring (bicyclic) bond motifs is 1. The van der Waals surface area contributed by atoms with Crippen molar-refractivity contribution in [3.63, 3.8) is 0 Å². The number of likely N-dealkylation sites (tertiary alicyclic amines) is 1. The Bertz CT molecular complexity index is 950. The van der Waals surface area contributed by atoms with Crippen molar-refractivity contribution in [1.29, 1.82) is 0 Å². The molecular formula is C24H36FIN6O. The maximum Gasteiger partial charge on any atom is 0.239 e. The van der Waals surface area contributed by atoms with E-state index in [1.807, 2.05) is 18.0 Å². The van der Waals surface area contributed by atoms with Gasteiger partial charge in [-0.05, 0) is 56.9 Å². The average molecular weight is 570 g/mol. The molecule has 1 amide bonds. The minimum Gasteiger partial charge on any atom is -0.361 e. The number of aliphatic imine (C=N–C) groups is 1. The molecule has 0 spiro atoms. The predicted molar refractivity (Wildman–Crippen MR) is 142 cm³/mol. The first-order valence-electron chi connectivity index (χ1n) is 11.9. The first-order valence-corrected chi connectivity index (χ1v) is 11.9. The second-order valence-corrected chi connectivity index (χ2v) is 8.72. The second-order valence-electron chi connectivity index (χ2n) is 8.72. The van der Waals surface area contributed by atoms with Crippen LogP contribution >= 0.6 is 24.0 Å². The smallest absolute Gasteiger partial charge is 0.239 e. The summed E-state index contributed by atoms with van der Waals surface area (Å²) < 4.78 is 13.6. The van der Waals surface area contributed by atoms with Gasteiger partial charge in [-0.1, -0.05) is 0 Å². The van der Waals surface area contributed by atoms with Crippen molar-refractivity contribution in [3.8, 4) is 0 Å². The number of H-pyrrole nitrogens is 1. The van der Waals surface area contributed by atoms with E-state index >= 15 is 0 Å². The van der Waals surface area contributed by atoms with E-state index in [-0.39, 0.29) is 41.7 Å². The molecule has 7 nitrogen and oxygen atoms in total. The molecular weight excluding hydrogens is 534 g/mol. The van der Waals surface area contributed by atoms with E-state index < -0.39 is 0 Å². The number of aromatic amines is 1. The van der Waals surface area contributed by atoms with Crippen molar-refractivity contribution >= 4 is 46.7 Å². The number of rotatable bonds is 6. The van der Waals surface area contributed by atoms with Gasteiger partial charge in [0.05, 0.1) is 6.04 Å². The number of hydrogen-bond donors (Lipinski definition) is 2. The van der Waals surface area contributed by atoms with Crippen molar-refractivity contribution in [3.05, 3.63) is 35.8 Å². The van der Waals surface area contributed by atoms with Gasteiger partial charge < -0.3 is 20.1 Å². The van der Waals surface area contributed by atoms with Crippen molar-refractivity contribution in [1.82, 2.24) is 25.0 Å². The SMILES string of the molecule is CCNC(=NCCc1c[nH]c2ccc(F)cc12)N1CCN(C(C)C(=O)N2CCCC2)CC1.I. The van der Waals surface area contributed by atoms with Gasteiger partial charge in [0.2, 0.25) is 5.91 Å². The minimum atomic E-state index is -0.217. The fourth-order valence-electron chi connectivity index (χ4n) is 4.74. The summed E-state index contributed by atoms with van der Waals surface area (Å²) in [6.45, 7) is 10.8. The van der Waals surface area contributed by atoms with E-state index in [1.165, 1.54) is 6.07 Å². The zero-order chi connectivity index (χ0) is 22.5. The molecule has 2 aromatic rings. The Hall–Kier alpha value is -1.88. The molecule has 33 heavy (non-hydrogen) atoms. The van der Waals surface area contributed by atoms with Crippen LogP contribution in [0.4, 0.5) is 4.39 Å². The van der Waals surface area contributed by atoms with Crippen molar-refractivity contribution < 1.29 is 9.18 Å². The molecule has 2 N–H and O–H groups in total.